The van der Waals surface area contributed by atoms with Crippen LogP contribution in [0.15, 0.2) is 120 Å². The molecule has 4 fully saturated rings. The predicted octanol–water partition coefficient (Wildman–Crippen LogP) is 8.12. The SMILES string of the molecule is C.CC(C)(C)OC(=O)NC1CN(c2ccnc(CC(=O)Nc3ccc(C4=Nc5c(ccnc5N5CCOCC5)C4)cc3)c2)C1.CC(C)(C)OC(=O)NC1CN(c2ccnc(CC(=O)O)c2)C1.Nc1ccc(C2=Nc3c(ccnc3N3CCOCC3)C2)cc1. The van der Waals surface area contributed by atoms with Crippen LogP contribution in [0.25, 0.3) is 0 Å². The van der Waals surface area contributed by atoms with Crippen molar-refractivity contribution in [2.75, 3.05) is 109 Å². The lowest BCUT2D eigenvalue weighted by Crippen LogP contribution is -2.60. The van der Waals surface area contributed by atoms with Gasteiger partial charge in [0.1, 0.15) is 22.6 Å². The summed E-state index contributed by atoms with van der Waals surface area (Å²) in [6.45, 7) is 19.9. The van der Waals surface area contributed by atoms with Gasteiger partial charge in [-0.3, -0.25) is 19.6 Å². The number of aliphatic carboxylic acids is 1. The lowest BCUT2D eigenvalue weighted by Gasteiger charge is -2.41. The van der Waals surface area contributed by atoms with E-state index in [0.29, 0.717) is 50.8 Å². The zero-order chi connectivity index (χ0) is 61.2. The topological polar surface area (TPSA) is 277 Å². The van der Waals surface area contributed by atoms with Gasteiger partial charge in [0.2, 0.25) is 5.91 Å². The molecule has 4 aromatic heterocycles. The number of nitrogens with two attached hydrogens (primary N) is 1. The maximum absolute atomic E-state index is 12.8. The first kappa shape index (κ1) is 63.3. The lowest BCUT2D eigenvalue weighted by atomic mass is 10.0. The molecule has 10 heterocycles. The van der Waals surface area contributed by atoms with E-state index < -0.39 is 29.4 Å². The number of nitrogens with zero attached hydrogens (tertiary/aromatic N) is 10. The van der Waals surface area contributed by atoms with Crippen LogP contribution in [0.3, 0.4) is 0 Å². The monoisotopic (exact) mass is 1200 g/mol. The first-order valence-corrected chi connectivity index (χ1v) is 29.4. The van der Waals surface area contributed by atoms with E-state index in [1.165, 1.54) is 11.1 Å². The molecule has 6 N–H and O–H groups in total. The molecule has 0 unspecified atom stereocenters. The molecule has 12 rings (SSSR count). The van der Waals surface area contributed by atoms with Crippen LogP contribution in [0, 0.1) is 0 Å². The van der Waals surface area contributed by atoms with Crippen LogP contribution in [-0.2, 0) is 54.2 Å². The van der Waals surface area contributed by atoms with Crippen molar-refractivity contribution < 1.29 is 43.2 Å². The summed E-state index contributed by atoms with van der Waals surface area (Å²) >= 11 is 0. The summed E-state index contributed by atoms with van der Waals surface area (Å²) in [6, 6.07) is 27.3. The number of benzene rings is 2. The van der Waals surface area contributed by atoms with Crippen LogP contribution >= 0.6 is 0 Å². The Morgan fingerprint density at radius 2 is 0.977 bits per heavy atom. The van der Waals surface area contributed by atoms with Gasteiger partial charge in [-0.15, -0.1) is 0 Å². The van der Waals surface area contributed by atoms with E-state index in [1.807, 2.05) is 127 Å². The van der Waals surface area contributed by atoms with Crippen molar-refractivity contribution in [1.29, 1.82) is 0 Å². The van der Waals surface area contributed by atoms with Gasteiger partial charge in [0.25, 0.3) is 0 Å². The number of fused-ring (bicyclic) bond motifs is 2. The number of aliphatic imine (C=N–C) groups is 2. The Hall–Kier alpha value is -9.22. The van der Waals surface area contributed by atoms with Crippen molar-refractivity contribution in [2.45, 2.75) is 97.9 Å². The minimum atomic E-state index is -0.905. The molecule has 88 heavy (non-hydrogen) atoms. The van der Waals surface area contributed by atoms with E-state index in [-0.39, 0.29) is 38.3 Å². The summed E-state index contributed by atoms with van der Waals surface area (Å²) in [5.74, 6) is 0.852. The fraction of sp³-hybridized carbons (Fsp3) is 0.415. The fourth-order valence-corrected chi connectivity index (χ4v) is 10.5. The van der Waals surface area contributed by atoms with E-state index in [1.54, 1.807) is 18.5 Å². The normalized spacial score (nSPS) is 16.2. The molecule has 6 aliphatic rings. The average molecular weight is 1200 g/mol. The molecule has 0 aliphatic carbocycles. The molecule has 3 amide bonds. The number of carboxylic acid groups (broad SMARTS) is 1. The summed E-state index contributed by atoms with van der Waals surface area (Å²) in [7, 11) is 0. The summed E-state index contributed by atoms with van der Waals surface area (Å²) in [5.41, 5.74) is 17.9. The number of anilines is 6. The molecule has 0 atom stereocenters. The number of aromatic nitrogens is 4. The minimum absolute atomic E-state index is 0. The maximum atomic E-state index is 12.8. The van der Waals surface area contributed by atoms with Gasteiger partial charge in [-0.05, 0) is 124 Å². The Morgan fingerprint density at radius 1 is 0.568 bits per heavy atom. The molecule has 4 saturated heterocycles. The lowest BCUT2D eigenvalue weighted by molar-refractivity contribution is -0.136. The zero-order valence-corrected chi connectivity index (χ0v) is 50.1. The Balaban J connectivity index is 0.000000172. The van der Waals surface area contributed by atoms with Crippen LogP contribution < -0.4 is 41.3 Å². The molecule has 6 aliphatic heterocycles. The quantitative estimate of drug-likeness (QED) is 0.0683. The van der Waals surface area contributed by atoms with Gasteiger partial charge >= 0.3 is 18.2 Å². The zero-order valence-electron chi connectivity index (χ0n) is 50.1. The Bertz CT molecular complexity index is 3490. The van der Waals surface area contributed by atoms with Crippen molar-refractivity contribution in [3.63, 3.8) is 0 Å². The van der Waals surface area contributed by atoms with Gasteiger partial charge in [-0.25, -0.2) is 29.5 Å². The van der Waals surface area contributed by atoms with E-state index in [0.717, 1.165) is 121 Å². The molecule has 464 valence electrons. The van der Waals surface area contributed by atoms with Crippen molar-refractivity contribution in [2.24, 2.45) is 9.98 Å². The molecule has 0 saturated carbocycles. The molecule has 0 spiro atoms. The van der Waals surface area contributed by atoms with Gasteiger partial charge in [0.05, 0.1) is 74.2 Å². The third kappa shape index (κ3) is 17.1. The molecular formula is C65H80N14O9. The average Bonchev–Trinajstić information content (AvgIpc) is 2.63. The molecular weight excluding hydrogens is 1120 g/mol. The van der Waals surface area contributed by atoms with Gasteiger partial charge in [0.15, 0.2) is 11.6 Å². The number of carboxylic acids is 1. The number of hydrogen-bond donors (Lipinski definition) is 5. The Labute approximate surface area is 513 Å². The number of carbonyl (C=O) groups is 4. The molecule has 6 aromatic rings. The second-order valence-corrected chi connectivity index (χ2v) is 24.0. The van der Waals surface area contributed by atoms with E-state index >= 15 is 0 Å². The highest BCUT2D eigenvalue weighted by molar-refractivity contribution is 6.09. The van der Waals surface area contributed by atoms with Crippen LogP contribution in [0.4, 0.5) is 55.3 Å². The number of ether oxygens (including phenoxy) is 4. The Kier molecular flexibility index (Phi) is 20.2. The van der Waals surface area contributed by atoms with Gasteiger partial charge in [0, 0.05) is 113 Å². The standard InChI is InChI=1S/C32H37N7O4.C17H18N4O.C15H21N3O4.CH4/c1-32(2,3)43-31(41)36-25-19-39(20-25)26-9-11-33-24(17-26)18-28(40)35-23-6-4-21(5-7-23)27-16-22-8-10-34-30(29(22)37-27)38-12-14-42-15-13-38;18-14-3-1-12(2-4-14)15-11-13-5-6-19-17(16(13)20-15)21-7-9-22-10-8-21;1-15(2,3)22-14(21)17-11-8-18(9-11)12-4-5-16-10(6-12)7-13(19)20;/h4-11,17,25H,12-16,18-20H2,1-3H3,(H,35,40)(H,36,41);1-6H,7-11,18H2;4-6,11H,7-9H2,1-3H3,(H,17,21)(H,19,20);1H4. The van der Waals surface area contributed by atoms with E-state index in [9.17, 15) is 19.2 Å². The molecule has 0 radical (unpaired) electrons. The number of morpholine rings is 2. The van der Waals surface area contributed by atoms with Gasteiger partial charge in [-0.2, -0.15) is 0 Å². The summed E-state index contributed by atoms with van der Waals surface area (Å²) in [5, 5.41) is 17.5. The van der Waals surface area contributed by atoms with Crippen LogP contribution in [-0.4, -0.2) is 163 Å². The highest BCUT2D eigenvalue weighted by Gasteiger charge is 2.32. The molecule has 0 bridgehead atoms. The Morgan fingerprint density at radius 3 is 1.40 bits per heavy atom. The molecule has 23 heteroatoms. The number of pyridine rings is 4. The van der Waals surface area contributed by atoms with Gasteiger partial charge < -0.3 is 65.3 Å². The first-order valence-electron chi connectivity index (χ1n) is 29.4. The smallest absolute Gasteiger partial charge is 0.407 e. The number of hydrogen-bond acceptors (Lipinski definition) is 19. The minimum Gasteiger partial charge on any atom is -0.481 e. The van der Waals surface area contributed by atoms with Crippen LogP contribution in [0.2, 0.25) is 0 Å². The third-order valence-corrected chi connectivity index (χ3v) is 14.8. The number of amides is 3. The van der Waals surface area contributed by atoms with Crippen molar-refractivity contribution in [3.05, 3.63) is 143 Å². The summed E-state index contributed by atoms with van der Waals surface area (Å²) in [4.78, 5) is 83.3. The van der Waals surface area contributed by atoms with E-state index in [4.69, 9.17) is 39.8 Å². The maximum Gasteiger partial charge on any atom is 0.407 e. The second kappa shape index (κ2) is 28.1. The van der Waals surface area contributed by atoms with E-state index in [2.05, 4.69) is 61.6 Å². The van der Waals surface area contributed by atoms with Crippen LogP contribution in [0.1, 0.15) is 82.6 Å². The number of nitrogens with one attached hydrogen (secondary N) is 3. The molecule has 23 nitrogen and oxygen atoms in total. The highest BCUT2D eigenvalue weighted by atomic mass is 16.6. The third-order valence-electron chi connectivity index (χ3n) is 14.8. The summed E-state index contributed by atoms with van der Waals surface area (Å²) in [6.07, 6.45) is 7.87. The number of rotatable bonds is 13. The predicted molar refractivity (Wildman–Crippen MR) is 341 cm³/mol. The highest BCUT2D eigenvalue weighted by Crippen LogP contribution is 2.38. The first-order chi connectivity index (χ1) is 41.7. The van der Waals surface area contributed by atoms with Crippen LogP contribution in [0.5, 0.6) is 0 Å². The molecule has 2 aromatic carbocycles. The van der Waals surface area contributed by atoms with Crippen molar-refractivity contribution in [3.8, 4) is 0 Å². The largest absolute Gasteiger partial charge is 0.481 e. The van der Waals surface area contributed by atoms with Crippen molar-refractivity contribution in [1.82, 2.24) is 30.6 Å². The second-order valence-electron chi connectivity index (χ2n) is 24.0. The van der Waals surface area contributed by atoms with Crippen molar-refractivity contribution >= 4 is 81.2 Å². The number of alkyl carbamates (subject to hydrolysis) is 2. The fourth-order valence-electron chi connectivity index (χ4n) is 10.5. The van der Waals surface area contributed by atoms with Gasteiger partial charge in [-0.1, -0.05) is 31.7 Å². The summed E-state index contributed by atoms with van der Waals surface area (Å²) < 4.78 is 21.5. The number of carbonyl (C=O) groups excluding carboxylic acids is 3. The number of nitrogen functional groups attached to an aromatic ring is 1.